The second-order valence-corrected chi connectivity index (χ2v) is 4.16. The van der Waals surface area contributed by atoms with Crippen molar-refractivity contribution in [3.05, 3.63) is 47.9 Å². The topological polar surface area (TPSA) is 36.7 Å². The quantitative estimate of drug-likeness (QED) is 0.759. The maximum absolute atomic E-state index is 12.8. The minimum Gasteiger partial charge on any atom is -0.249 e. The predicted molar refractivity (Wildman–Crippen MR) is 66.1 cm³/mol. The summed E-state index contributed by atoms with van der Waals surface area (Å²) >= 11 is 1.42. The summed E-state index contributed by atoms with van der Waals surface area (Å²) in [6.45, 7) is 0. The third kappa shape index (κ3) is 2.29. The van der Waals surface area contributed by atoms with Gasteiger partial charge in [0.1, 0.15) is 16.9 Å². The Bertz CT molecular complexity index is 573. The van der Waals surface area contributed by atoms with E-state index in [1.54, 1.807) is 24.4 Å². The number of aromatic nitrogens is 1. The van der Waals surface area contributed by atoms with Crippen molar-refractivity contribution in [3.63, 3.8) is 0 Å². The van der Waals surface area contributed by atoms with Crippen LogP contribution in [0.1, 0.15) is 5.56 Å². The zero-order valence-electron chi connectivity index (χ0n) is 9.14. The Hall–Kier alpha value is -1.86. The van der Waals surface area contributed by atoms with Crippen LogP contribution in [-0.2, 0) is 0 Å². The fourth-order valence-corrected chi connectivity index (χ4v) is 2.10. The van der Waals surface area contributed by atoms with Crippen LogP contribution in [0.4, 0.5) is 4.39 Å². The lowest BCUT2D eigenvalue weighted by atomic mass is 10.0. The molecule has 0 amide bonds. The third-order valence-electron chi connectivity index (χ3n) is 2.38. The number of rotatable bonds is 2. The number of hydrogen-bond donors (Lipinski definition) is 0. The molecule has 2 rings (SSSR count). The van der Waals surface area contributed by atoms with E-state index >= 15 is 0 Å². The number of nitrogens with zero attached hydrogens (tertiary/aromatic N) is 2. The Morgan fingerprint density at radius 2 is 1.94 bits per heavy atom. The first-order valence-electron chi connectivity index (χ1n) is 4.95. The highest BCUT2D eigenvalue weighted by atomic mass is 32.2. The van der Waals surface area contributed by atoms with Crippen LogP contribution < -0.4 is 0 Å². The van der Waals surface area contributed by atoms with E-state index in [1.165, 1.54) is 23.9 Å². The number of benzene rings is 1. The van der Waals surface area contributed by atoms with Crippen LogP contribution in [-0.4, -0.2) is 11.2 Å². The Morgan fingerprint density at radius 1 is 1.24 bits per heavy atom. The van der Waals surface area contributed by atoms with Crippen LogP contribution in [0.3, 0.4) is 0 Å². The van der Waals surface area contributed by atoms with E-state index in [0.29, 0.717) is 10.6 Å². The van der Waals surface area contributed by atoms with Crippen LogP contribution >= 0.6 is 11.8 Å². The van der Waals surface area contributed by atoms with Gasteiger partial charge in [-0.2, -0.15) is 5.26 Å². The van der Waals surface area contributed by atoms with E-state index in [0.717, 1.165) is 11.1 Å². The van der Waals surface area contributed by atoms with Crippen molar-refractivity contribution < 1.29 is 4.39 Å². The summed E-state index contributed by atoms with van der Waals surface area (Å²) in [5, 5.41) is 9.86. The zero-order valence-corrected chi connectivity index (χ0v) is 9.96. The molecule has 0 spiro atoms. The summed E-state index contributed by atoms with van der Waals surface area (Å²) in [6.07, 6.45) is 3.53. The molecule has 1 aromatic heterocycles. The highest BCUT2D eigenvalue weighted by molar-refractivity contribution is 7.98. The minimum absolute atomic E-state index is 0.286. The summed E-state index contributed by atoms with van der Waals surface area (Å²) in [5.74, 6) is -0.286. The van der Waals surface area contributed by atoms with Gasteiger partial charge in [0.15, 0.2) is 0 Å². The summed E-state index contributed by atoms with van der Waals surface area (Å²) in [6, 6.07) is 10.0. The molecule has 4 heteroatoms. The van der Waals surface area contributed by atoms with Crippen molar-refractivity contribution in [1.82, 2.24) is 4.98 Å². The van der Waals surface area contributed by atoms with Gasteiger partial charge in [-0.1, -0.05) is 12.1 Å². The summed E-state index contributed by atoms with van der Waals surface area (Å²) in [4.78, 5) is 4.14. The van der Waals surface area contributed by atoms with E-state index in [4.69, 9.17) is 5.26 Å². The van der Waals surface area contributed by atoms with Gasteiger partial charge in [0.25, 0.3) is 0 Å². The first-order chi connectivity index (χ1) is 8.26. The number of halogens is 1. The molecule has 1 heterocycles. The number of nitriles is 1. The maximum atomic E-state index is 12.8. The monoisotopic (exact) mass is 244 g/mol. The molecule has 0 saturated heterocycles. The second kappa shape index (κ2) is 4.98. The molecule has 0 unspecified atom stereocenters. The lowest BCUT2D eigenvalue weighted by Crippen LogP contribution is -1.90. The van der Waals surface area contributed by atoms with Crippen molar-refractivity contribution in [2.45, 2.75) is 5.03 Å². The average molecular weight is 244 g/mol. The molecule has 0 saturated carbocycles. The van der Waals surface area contributed by atoms with E-state index in [9.17, 15) is 4.39 Å². The van der Waals surface area contributed by atoms with Crippen molar-refractivity contribution in [2.75, 3.05) is 6.26 Å². The molecule has 0 aliphatic heterocycles. The Labute approximate surface area is 103 Å². The Morgan fingerprint density at radius 3 is 2.53 bits per heavy atom. The van der Waals surface area contributed by atoms with Gasteiger partial charge >= 0.3 is 0 Å². The molecule has 17 heavy (non-hydrogen) atoms. The summed E-state index contributed by atoms with van der Waals surface area (Å²) in [7, 11) is 0. The van der Waals surface area contributed by atoms with Gasteiger partial charge in [-0.3, -0.25) is 0 Å². The fourth-order valence-electron chi connectivity index (χ4n) is 1.58. The molecule has 0 N–H and O–H groups in total. The number of thioether (sulfide) groups is 1. The largest absolute Gasteiger partial charge is 0.249 e. The lowest BCUT2D eigenvalue weighted by molar-refractivity contribution is 0.628. The molecular formula is C13H9FN2S. The van der Waals surface area contributed by atoms with E-state index in [-0.39, 0.29) is 5.82 Å². The molecular weight excluding hydrogens is 235 g/mol. The molecule has 1 aromatic carbocycles. The zero-order chi connectivity index (χ0) is 12.3. The van der Waals surface area contributed by atoms with Crippen molar-refractivity contribution in [3.8, 4) is 17.2 Å². The molecule has 0 bridgehead atoms. The van der Waals surface area contributed by atoms with Gasteiger partial charge in [-0.15, -0.1) is 11.8 Å². The summed E-state index contributed by atoms with van der Waals surface area (Å²) in [5.41, 5.74) is 2.14. The first-order valence-corrected chi connectivity index (χ1v) is 6.17. The van der Waals surface area contributed by atoms with Gasteiger partial charge in [0.05, 0.1) is 5.56 Å². The number of pyridine rings is 1. The van der Waals surface area contributed by atoms with Crippen molar-refractivity contribution in [2.24, 2.45) is 0 Å². The molecule has 84 valence electrons. The molecule has 0 fully saturated rings. The van der Waals surface area contributed by atoms with Crippen LogP contribution in [0.25, 0.3) is 11.1 Å². The molecule has 0 atom stereocenters. The highest BCUT2D eigenvalue weighted by Gasteiger charge is 2.10. The normalized spacial score (nSPS) is 9.94. The van der Waals surface area contributed by atoms with Gasteiger partial charge in [0.2, 0.25) is 0 Å². The third-order valence-corrected chi connectivity index (χ3v) is 3.07. The van der Waals surface area contributed by atoms with Crippen LogP contribution in [0, 0.1) is 17.1 Å². The van der Waals surface area contributed by atoms with Crippen molar-refractivity contribution >= 4 is 11.8 Å². The lowest BCUT2D eigenvalue weighted by Gasteiger charge is -2.06. The Kier molecular flexibility index (Phi) is 3.40. The van der Waals surface area contributed by atoms with Gasteiger partial charge in [0, 0.05) is 11.8 Å². The minimum atomic E-state index is -0.286. The van der Waals surface area contributed by atoms with E-state index in [1.807, 2.05) is 6.26 Å². The van der Waals surface area contributed by atoms with Crippen LogP contribution in [0.5, 0.6) is 0 Å². The van der Waals surface area contributed by atoms with Gasteiger partial charge in [-0.25, -0.2) is 9.37 Å². The fraction of sp³-hybridized carbons (Fsp3) is 0.0769. The SMILES string of the molecule is CSc1nccc(-c2ccc(F)cc2)c1C#N. The molecule has 2 nitrogen and oxygen atoms in total. The molecule has 2 aromatic rings. The van der Waals surface area contributed by atoms with E-state index < -0.39 is 0 Å². The van der Waals surface area contributed by atoms with Gasteiger partial charge < -0.3 is 0 Å². The van der Waals surface area contributed by atoms with Crippen molar-refractivity contribution in [1.29, 1.82) is 5.26 Å². The summed E-state index contributed by atoms with van der Waals surface area (Å²) < 4.78 is 12.8. The molecule has 0 aliphatic rings. The standard InChI is InChI=1S/C13H9FN2S/c1-17-13-12(8-15)11(6-7-16-13)9-2-4-10(14)5-3-9/h2-7H,1H3. The Balaban J connectivity index is 2.60. The smallest absolute Gasteiger partial charge is 0.123 e. The van der Waals surface area contributed by atoms with E-state index in [2.05, 4.69) is 11.1 Å². The van der Waals surface area contributed by atoms with Crippen LogP contribution in [0.15, 0.2) is 41.6 Å². The number of hydrogen-bond acceptors (Lipinski definition) is 3. The second-order valence-electron chi connectivity index (χ2n) is 3.36. The molecule has 0 aliphatic carbocycles. The first kappa shape index (κ1) is 11.6. The van der Waals surface area contributed by atoms with Crippen LogP contribution in [0.2, 0.25) is 0 Å². The maximum Gasteiger partial charge on any atom is 0.123 e. The predicted octanol–water partition coefficient (Wildman–Crippen LogP) is 3.48. The van der Waals surface area contributed by atoms with Gasteiger partial charge in [-0.05, 0) is 30.0 Å². The average Bonchev–Trinajstić information content (AvgIpc) is 2.38. The highest BCUT2D eigenvalue weighted by Crippen LogP contribution is 2.28. The molecule has 0 radical (unpaired) electrons.